The van der Waals surface area contributed by atoms with Crippen LogP contribution in [0.15, 0.2) is 29.2 Å². The van der Waals surface area contributed by atoms with Crippen LogP contribution in [0.2, 0.25) is 0 Å². The van der Waals surface area contributed by atoms with Gasteiger partial charge < -0.3 is 5.32 Å². The van der Waals surface area contributed by atoms with Gasteiger partial charge in [-0.25, -0.2) is 8.42 Å². The normalized spacial score (nSPS) is 22.7. The second-order valence-corrected chi connectivity index (χ2v) is 11.8. The molecule has 1 saturated carbocycles. The first-order valence-electron chi connectivity index (χ1n) is 12.7. The van der Waals surface area contributed by atoms with Crippen molar-refractivity contribution in [2.75, 3.05) is 52.4 Å². The Bertz CT molecular complexity index is 986. The van der Waals surface area contributed by atoms with Crippen molar-refractivity contribution in [3.63, 3.8) is 0 Å². The summed E-state index contributed by atoms with van der Waals surface area (Å²) in [5, 5.41) is 12.5. The monoisotopic (exact) mass is 487 g/mol. The van der Waals surface area contributed by atoms with E-state index in [9.17, 15) is 18.5 Å². The Morgan fingerprint density at radius 2 is 1.59 bits per heavy atom. The molecule has 0 radical (unpaired) electrons. The van der Waals surface area contributed by atoms with E-state index in [2.05, 4.69) is 10.2 Å². The van der Waals surface area contributed by atoms with E-state index in [1.165, 1.54) is 55.0 Å². The summed E-state index contributed by atoms with van der Waals surface area (Å²) in [5.74, 6) is 0.0214. The first kappa shape index (κ1) is 25.1. The predicted molar refractivity (Wildman–Crippen MR) is 131 cm³/mol. The lowest BCUT2D eigenvalue weighted by Crippen LogP contribution is -2.59. The molecule has 8 nitrogen and oxygen atoms in total. The van der Waals surface area contributed by atoms with Crippen LogP contribution in [0, 0.1) is 11.3 Å². The molecule has 9 heteroatoms. The van der Waals surface area contributed by atoms with Gasteiger partial charge in [-0.15, -0.1) is 0 Å². The Morgan fingerprint density at radius 1 is 0.941 bits per heavy atom. The number of nitrogens with one attached hydrogen (secondary N) is 1. The van der Waals surface area contributed by atoms with Gasteiger partial charge in [0.25, 0.3) is 0 Å². The zero-order chi connectivity index (χ0) is 24.0. The number of benzene rings is 1. The number of nitrogens with zero attached hydrogens (tertiary/aromatic N) is 4. The minimum Gasteiger partial charge on any atom is -0.353 e. The standard InChI is InChI=1S/C25H37N5O3S/c26-19-22-9-3-4-10-23(22)34(32,33)30-17-15-28(16-18-30)20-24(31)27-21-25(11-5-1-6-12-25)29-13-7-2-8-14-29/h3-4,9-10H,1-2,5-8,11-18,20-21H2,(H,27,31). The molecule has 4 rings (SSSR count). The number of piperidine rings is 1. The van der Waals surface area contributed by atoms with Crippen LogP contribution in [0.1, 0.15) is 56.9 Å². The van der Waals surface area contributed by atoms with Crippen molar-refractivity contribution in [3.05, 3.63) is 29.8 Å². The molecule has 1 aromatic carbocycles. The molecule has 34 heavy (non-hydrogen) atoms. The van der Waals surface area contributed by atoms with Crippen LogP contribution in [-0.4, -0.2) is 86.3 Å². The first-order chi connectivity index (χ1) is 16.4. The quantitative estimate of drug-likeness (QED) is 0.633. The van der Waals surface area contributed by atoms with E-state index in [0.29, 0.717) is 39.3 Å². The molecule has 2 aliphatic heterocycles. The fourth-order valence-electron chi connectivity index (χ4n) is 5.76. The predicted octanol–water partition coefficient (Wildman–Crippen LogP) is 2.17. The molecule has 0 aromatic heterocycles. The molecule has 186 valence electrons. The molecule has 2 heterocycles. The van der Waals surface area contributed by atoms with Crippen LogP contribution in [-0.2, 0) is 14.8 Å². The highest BCUT2D eigenvalue weighted by Gasteiger charge is 2.38. The van der Waals surface area contributed by atoms with Crippen LogP contribution in [0.4, 0.5) is 0 Å². The van der Waals surface area contributed by atoms with Crippen LogP contribution in [0.25, 0.3) is 0 Å². The fraction of sp³-hybridized carbons (Fsp3) is 0.680. The van der Waals surface area contributed by atoms with Crippen LogP contribution in [0.5, 0.6) is 0 Å². The van der Waals surface area contributed by atoms with Gasteiger partial charge in [-0.05, 0) is 50.9 Å². The highest BCUT2D eigenvalue weighted by atomic mass is 32.2. The smallest absolute Gasteiger partial charge is 0.244 e. The van der Waals surface area contributed by atoms with E-state index in [0.717, 1.165) is 25.9 Å². The van der Waals surface area contributed by atoms with Gasteiger partial charge in [0.1, 0.15) is 6.07 Å². The number of likely N-dealkylation sites (tertiary alicyclic amines) is 1. The van der Waals surface area contributed by atoms with Crippen LogP contribution in [0.3, 0.4) is 0 Å². The number of nitriles is 1. The van der Waals surface area contributed by atoms with E-state index in [1.54, 1.807) is 12.1 Å². The topological polar surface area (TPSA) is 96.7 Å². The number of amides is 1. The minimum atomic E-state index is -3.72. The number of carbonyl (C=O) groups is 1. The molecule has 0 unspecified atom stereocenters. The Morgan fingerprint density at radius 3 is 2.26 bits per heavy atom. The van der Waals surface area contributed by atoms with Crippen LogP contribution < -0.4 is 5.32 Å². The molecule has 0 atom stereocenters. The second-order valence-electron chi connectivity index (χ2n) is 9.90. The maximum atomic E-state index is 13.0. The van der Waals surface area contributed by atoms with Crippen molar-refractivity contribution >= 4 is 15.9 Å². The lowest BCUT2D eigenvalue weighted by atomic mass is 9.79. The molecule has 1 amide bonds. The molecular formula is C25H37N5O3S. The Hall–Kier alpha value is -1.99. The van der Waals surface area contributed by atoms with Crippen molar-refractivity contribution in [2.45, 2.75) is 61.8 Å². The third-order valence-electron chi connectivity index (χ3n) is 7.75. The zero-order valence-corrected chi connectivity index (χ0v) is 20.9. The number of rotatable bonds is 7. The third-order valence-corrected chi connectivity index (χ3v) is 9.71. The fourth-order valence-corrected chi connectivity index (χ4v) is 7.32. The number of hydrogen-bond donors (Lipinski definition) is 1. The lowest BCUT2D eigenvalue weighted by molar-refractivity contribution is -0.123. The molecule has 3 fully saturated rings. The number of piperazine rings is 1. The number of sulfonamides is 1. The third kappa shape index (κ3) is 5.62. The van der Waals surface area contributed by atoms with Gasteiger partial charge in [-0.3, -0.25) is 14.6 Å². The van der Waals surface area contributed by atoms with E-state index in [-0.39, 0.29) is 21.9 Å². The minimum absolute atomic E-state index is 0.0214. The Balaban J connectivity index is 1.29. The molecule has 0 spiro atoms. The van der Waals surface area contributed by atoms with Gasteiger partial charge in [0.15, 0.2) is 0 Å². The summed E-state index contributed by atoms with van der Waals surface area (Å²) >= 11 is 0. The number of hydrogen-bond acceptors (Lipinski definition) is 6. The SMILES string of the molecule is N#Cc1ccccc1S(=O)(=O)N1CCN(CC(=O)NCC2(N3CCCCC3)CCCCC2)CC1. The van der Waals surface area contributed by atoms with Gasteiger partial charge in [-0.2, -0.15) is 9.57 Å². The first-order valence-corrected chi connectivity index (χ1v) is 14.1. The second kappa shape index (κ2) is 11.2. The Kier molecular flexibility index (Phi) is 8.25. The van der Waals surface area contributed by atoms with Crippen LogP contribution >= 0.6 is 0 Å². The van der Waals surface area contributed by atoms with E-state index >= 15 is 0 Å². The molecule has 3 aliphatic rings. The van der Waals surface area contributed by atoms with Gasteiger partial charge in [0.05, 0.1) is 17.0 Å². The average molecular weight is 488 g/mol. The largest absolute Gasteiger partial charge is 0.353 e. The van der Waals surface area contributed by atoms with Crippen molar-refractivity contribution in [2.24, 2.45) is 0 Å². The van der Waals surface area contributed by atoms with Crippen molar-refractivity contribution in [1.29, 1.82) is 5.26 Å². The highest BCUT2D eigenvalue weighted by molar-refractivity contribution is 7.89. The maximum absolute atomic E-state index is 13.0. The lowest BCUT2D eigenvalue weighted by Gasteiger charge is -2.48. The van der Waals surface area contributed by atoms with Crippen molar-refractivity contribution in [3.8, 4) is 6.07 Å². The summed E-state index contributed by atoms with van der Waals surface area (Å²) in [6, 6.07) is 8.28. The van der Waals surface area contributed by atoms with E-state index in [4.69, 9.17) is 0 Å². The molecular weight excluding hydrogens is 450 g/mol. The van der Waals surface area contributed by atoms with Gasteiger partial charge >= 0.3 is 0 Å². The van der Waals surface area contributed by atoms with Gasteiger partial charge in [0.2, 0.25) is 15.9 Å². The van der Waals surface area contributed by atoms with E-state index < -0.39 is 10.0 Å². The average Bonchev–Trinajstić information content (AvgIpc) is 2.89. The zero-order valence-electron chi connectivity index (χ0n) is 20.0. The van der Waals surface area contributed by atoms with Gasteiger partial charge in [-0.1, -0.05) is 37.8 Å². The molecule has 1 aromatic rings. The summed E-state index contributed by atoms with van der Waals surface area (Å²) in [4.78, 5) is 17.5. The molecule has 1 N–H and O–H groups in total. The molecule has 2 saturated heterocycles. The van der Waals surface area contributed by atoms with Crippen molar-refractivity contribution in [1.82, 2.24) is 19.4 Å². The summed E-state index contributed by atoms with van der Waals surface area (Å²) in [6.45, 7) is 4.91. The van der Waals surface area contributed by atoms with Gasteiger partial charge in [0, 0.05) is 38.3 Å². The molecule has 1 aliphatic carbocycles. The summed E-state index contributed by atoms with van der Waals surface area (Å²) < 4.78 is 27.5. The van der Waals surface area contributed by atoms with E-state index in [1.807, 2.05) is 11.0 Å². The summed E-state index contributed by atoms with van der Waals surface area (Å²) in [7, 11) is -3.72. The van der Waals surface area contributed by atoms with Crippen molar-refractivity contribution < 1.29 is 13.2 Å². The number of carbonyl (C=O) groups excluding carboxylic acids is 1. The summed E-state index contributed by atoms with van der Waals surface area (Å²) in [5.41, 5.74) is 0.268. The molecule has 0 bridgehead atoms. The summed E-state index contributed by atoms with van der Waals surface area (Å²) in [6.07, 6.45) is 9.89. The Labute approximate surface area is 203 Å². The maximum Gasteiger partial charge on any atom is 0.244 e. The highest BCUT2D eigenvalue weighted by Crippen LogP contribution is 2.35.